The van der Waals surface area contributed by atoms with Crippen LogP contribution in [0, 0.1) is 6.92 Å². The van der Waals surface area contributed by atoms with Crippen LogP contribution in [0.25, 0.3) is 10.6 Å². The van der Waals surface area contributed by atoms with Gasteiger partial charge in [-0.15, -0.1) is 23.7 Å². The fraction of sp³-hybridized carbons (Fsp3) is 0.500. The summed E-state index contributed by atoms with van der Waals surface area (Å²) in [4.78, 5) is 18.5. The molecule has 1 heterocycles. The molecule has 0 spiro atoms. The highest BCUT2D eigenvalue weighted by Crippen LogP contribution is 2.33. The average Bonchev–Trinajstić information content (AvgIpc) is 3.04. The summed E-state index contributed by atoms with van der Waals surface area (Å²) < 4.78 is 5.21. The van der Waals surface area contributed by atoms with Crippen LogP contribution in [0.1, 0.15) is 55.6 Å². The molecule has 0 saturated heterocycles. The van der Waals surface area contributed by atoms with Crippen molar-refractivity contribution in [2.45, 2.75) is 57.5 Å². The Morgan fingerprint density at radius 1 is 1.26 bits per heavy atom. The number of halogens is 1. The smallest absolute Gasteiger partial charge is 0.240 e. The summed E-state index contributed by atoms with van der Waals surface area (Å²) in [6.07, 6.45) is 4.76. The highest BCUT2D eigenvalue weighted by Gasteiger charge is 2.36. The van der Waals surface area contributed by atoms with Crippen LogP contribution in [0.15, 0.2) is 24.3 Å². The van der Waals surface area contributed by atoms with E-state index in [0.717, 1.165) is 52.6 Å². The Balaban J connectivity index is 0.00000261. The van der Waals surface area contributed by atoms with Crippen LogP contribution in [-0.4, -0.2) is 23.5 Å². The Labute approximate surface area is 171 Å². The molecule has 7 heteroatoms. The standard InChI is InChI=1S/C20H27N3O2S.ClH/c1-13-17(14(2)23-19(24)20(21)11-5-4-6-12-20)26-18(22-13)15-7-9-16(25-3)10-8-15;/h7-10,14H,4-6,11-12,21H2,1-3H3,(H,23,24);1H. The van der Waals surface area contributed by atoms with E-state index in [4.69, 9.17) is 10.5 Å². The van der Waals surface area contributed by atoms with Crippen LogP contribution in [0.2, 0.25) is 0 Å². The van der Waals surface area contributed by atoms with Gasteiger partial charge in [-0.2, -0.15) is 0 Å². The molecule has 1 aromatic heterocycles. The van der Waals surface area contributed by atoms with Gasteiger partial charge in [0.2, 0.25) is 5.91 Å². The van der Waals surface area contributed by atoms with Crippen LogP contribution in [0.4, 0.5) is 0 Å². The first-order valence-electron chi connectivity index (χ1n) is 9.14. The Kier molecular flexibility index (Phi) is 7.25. The molecule has 1 saturated carbocycles. The summed E-state index contributed by atoms with van der Waals surface area (Å²) in [5.74, 6) is 0.784. The number of amides is 1. The lowest BCUT2D eigenvalue weighted by molar-refractivity contribution is -0.128. The molecule has 0 radical (unpaired) electrons. The number of thiazole rings is 1. The third-order valence-corrected chi connectivity index (χ3v) is 6.50. The van der Waals surface area contributed by atoms with Gasteiger partial charge in [0.15, 0.2) is 0 Å². The summed E-state index contributed by atoms with van der Waals surface area (Å²) in [5, 5.41) is 4.06. The fourth-order valence-electron chi connectivity index (χ4n) is 3.48. The molecule has 1 aromatic carbocycles. The largest absolute Gasteiger partial charge is 0.497 e. The second-order valence-electron chi connectivity index (χ2n) is 7.11. The van der Waals surface area contributed by atoms with E-state index in [-0.39, 0.29) is 24.4 Å². The number of carbonyl (C=O) groups excluding carboxylic acids is 1. The molecular weight excluding hydrogens is 382 g/mol. The minimum absolute atomic E-state index is 0. The fourth-order valence-corrected chi connectivity index (χ4v) is 4.56. The maximum atomic E-state index is 12.7. The van der Waals surface area contributed by atoms with E-state index >= 15 is 0 Å². The number of nitrogens with one attached hydrogen (secondary N) is 1. The maximum Gasteiger partial charge on any atom is 0.240 e. The molecule has 3 rings (SSSR count). The number of hydrogen-bond acceptors (Lipinski definition) is 5. The van der Waals surface area contributed by atoms with Gasteiger partial charge in [-0.05, 0) is 51.0 Å². The van der Waals surface area contributed by atoms with Crippen molar-refractivity contribution in [3.63, 3.8) is 0 Å². The van der Waals surface area contributed by atoms with Crippen molar-refractivity contribution in [3.8, 4) is 16.3 Å². The molecule has 1 fully saturated rings. The number of nitrogens with two attached hydrogens (primary N) is 1. The number of rotatable bonds is 5. The molecule has 0 bridgehead atoms. The SMILES string of the molecule is COc1ccc(-c2nc(C)c(C(C)NC(=O)C3(N)CCCCC3)s2)cc1.Cl. The number of aryl methyl sites for hydroxylation is 1. The van der Waals surface area contributed by atoms with Crippen molar-refractivity contribution in [3.05, 3.63) is 34.8 Å². The number of carbonyl (C=O) groups is 1. The zero-order chi connectivity index (χ0) is 18.7. The number of aromatic nitrogens is 1. The van der Waals surface area contributed by atoms with Crippen molar-refractivity contribution in [1.29, 1.82) is 0 Å². The van der Waals surface area contributed by atoms with Crippen molar-refractivity contribution in [2.24, 2.45) is 5.73 Å². The lowest BCUT2D eigenvalue weighted by Gasteiger charge is -2.32. The minimum Gasteiger partial charge on any atom is -0.497 e. The van der Waals surface area contributed by atoms with Crippen LogP contribution in [0.5, 0.6) is 5.75 Å². The number of methoxy groups -OCH3 is 1. The summed E-state index contributed by atoms with van der Waals surface area (Å²) in [6.45, 7) is 3.99. The summed E-state index contributed by atoms with van der Waals surface area (Å²) in [5.41, 5.74) is 7.63. The first-order valence-corrected chi connectivity index (χ1v) is 9.96. The van der Waals surface area contributed by atoms with Crippen LogP contribution < -0.4 is 15.8 Å². The van der Waals surface area contributed by atoms with Crippen molar-refractivity contribution >= 4 is 29.7 Å². The quantitative estimate of drug-likeness (QED) is 0.767. The molecule has 0 aliphatic heterocycles. The topological polar surface area (TPSA) is 77.2 Å². The Hall–Kier alpha value is -1.63. The number of benzene rings is 1. The maximum absolute atomic E-state index is 12.7. The third-order valence-electron chi connectivity index (χ3n) is 5.11. The van der Waals surface area contributed by atoms with Crippen LogP contribution >= 0.6 is 23.7 Å². The molecule has 3 N–H and O–H groups in total. The number of hydrogen-bond donors (Lipinski definition) is 2. The molecule has 5 nitrogen and oxygen atoms in total. The monoisotopic (exact) mass is 409 g/mol. The predicted molar refractivity (Wildman–Crippen MR) is 113 cm³/mol. The summed E-state index contributed by atoms with van der Waals surface area (Å²) >= 11 is 1.61. The van der Waals surface area contributed by atoms with Gasteiger partial charge in [-0.3, -0.25) is 4.79 Å². The molecule has 1 atom stereocenters. The molecular formula is C20H28ClN3O2S. The summed E-state index contributed by atoms with van der Waals surface area (Å²) in [7, 11) is 1.65. The molecule has 2 aromatic rings. The van der Waals surface area contributed by atoms with Crippen molar-refractivity contribution < 1.29 is 9.53 Å². The Bertz CT molecular complexity index is 770. The van der Waals surface area contributed by atoms with Gasteiger partial charge >= 0.3 is 0 Å². The zero-order valence-electron chi connectivity index (χ0n) is 16.1. The van der Waals surface area contributed by atoms with E-state index in [1.807, 2.05) is 38.1 Å². The second kappa shape index (κ2) is 9.04. The second-order valence-corrected chi connectivity index (χ2v) is 8.14. The van der Waals surface area contributed by atoms with Crippen molar-refractivity contribution in [2.75, 3.05) is 7.11 Å². The first-order chi connectivity index (χ1) is 12.4. The van der Waals surface area contributed by atoms with E-state index in [1.54, 1.807) is 18.4 Å². The van der Waals surface area contributed by atoms with E-state index in [9.17, 15) is 4.79 Å². The van der Waals surface area contributed by atoms with Gasteiger partial charge < -0.3 is 15.8 Å². The minimum atomic E-state index is -0.718. The molecule has 148 valence electrons. The van der Waals surface area contributed by atoms with Gasteiger partial charge in [0.05, 0.1) is 29.3 Å². The summed E-state index contributed by atoms with van der Waals surface area (Å²) in [6, 6.07) is 7.76. The lowest BCUT2D eigenvalue weighted by Crippen LogP contribution is -2.55. The van der Waals surface area contributed by atoms with Crippen LogP contribution in [0.3, 0.4) is 0 Å². The Morgan fingerprint density at radius 2 is 1.89 bits per heavy atom. The molecule has 1 amide bonds. The third kappa shape index (κ3) is 4.81. The molecule has 1 aliphatic carbocycles. The van der Waals surface area contributed by atoms with E-state index in [1.165, 1.54) is 6.42 Å². The van der Waals surface area contributed by atoms with Gasteiger partial charge in [-0.1, -0.05) is 19.3 Å². The normalized spacial score (nSPS) is 16.9. The van der Waals surface area contributed by atoms with Gasteiger partial charge in [-0.25, -0.2) is 4.98 Å². The lowest BCUT2D eigenvalue weighted by atomic mass is 9.82. The van der Waals surface area contributed by atoms with Crippen molar-refractivity contribution in [1.82, 2.24) is 10.3 Å². The molecule has 1 aliphatic rings. The van der Waals surface area contributed by atoms with Gasteiger partial charge in [0, 0.05) is 5.56 Å². The predicted octanol–water partition coefficient (Wildman–Crippen LogP) is 4.39. The number of nitrogens with zero attached hydrogens (tertiary/aromatic N) is 1. The highest BCUT2D eigenvalue weighted by atomic mass is 35.5. The van der Waals surface area contributed by atoms with E-state index < -0.39 is 5.54 Å². The highest BCUT2D eigenvalue weighted by molar-refractivity contribution is 7.15. The van der Waals surface area contributed by atoms with Gasteiger partial charge in [0.1, 0.15) is 10.8 Å². The number of ether oxygens (including phenoxy) is 1. The Morgan fingerprint density at radius 3 is 2.48 bits per heavy atom. The van der Waals surface area contributed by atoms with E-state index in [0.29, 0.717) is 0 Å². The van der Waals surface area contributed by atoms with Crippen LogP contribution in [-0.2, 0) is 4.79 Å². The molecule has 1 unspecified atom stereocenters. The van der Waals surface area contributed by atoms with E-state index in [2.05, 4.69) is 10.3 Å². The average molecular weight is 410 g/mol. The van der Waals surface area contributed by atoms with Gasteiger partial charge in [0.25, 0.3) is 0 Å². The molecule has 27 heavy (non-hydrogen) atoms. The first kappa shape index (κ1) is 21.7. The zero-order valence-corrected chi connectivity index (χ0v) is 17.7.